The van der Waals surface area contributed by atoms with Gasteiger partial charge in [-0.2, -0.15) is 17.0 Å². The Bertz CT molecular complexity index is 1080. The van der Waals surface area contributed by atoms with E-state index in [2.05, 4.69) is 20.5 Å². The molecule has 0 aliphatic carbocycles. The molecule has 31 heavy (non-hydrogen) atoms. The number of anilines is 2. The first-order chi connectivity index (χ1) is 14.7. The van der Waals surface area contributed by atoms with E-state index in [9.17, 15) is 17.6 Å². The van der Waals surface area contributed by atoms with Gasteiger partial charge in [-0.1, -0.05) is 0 Å². The molecule has 0 unspecified atom stereocenters. The molecule has 0 spiro atoms. The largest absolute Gasteiger partial charge is 0.323 e. The van der Waals surface area contributed by atoms with Gasteiger partial charge in [0.1, 0.15) is 5.82 Å². The van der Waals surface area contributed by atoms with Crippen molar-refractivity contribution in [1.29, 1.82) is 0 Å². The quantitative estimate of drug-likeness (QED) is 0.744. The minimum atomic E-state index is -3.36. The number of piperazine rings is 1. The number of nitrogens with one attached hydrogen (secondary N) is 2. The Morgan fingerprint density at radius 1 is 1.16 bits per heavy atom. The minimum absolute atomic E-state index is 0.108. The Morgan fingerprint density at radius 2 is 1.94 bits per heavy atom. The van der Waals surface area contributed by atoms with Gasteiger partial charge in [-0.15, -0.1) is 0 Å². The zero-order valence-electron chi connectivity index (χ0n) is 17.4. The molecule has 0 bridgehead atoms. The van der Waals surface area contributed by atoms with Crippen molar-refractivity contribution in [3.8, 4) is 0 Å². The molecule has 2 aromatic rings. The number of hydrogen-bond donors (Lipinski definition) is 2. The first kappa shape index (κ1) is 21.6. The lowest BCUT2D eigenvalue weighted by molar-refractivity contribution is 0.140. The highest BCUT2D eigenvalue weighted by molar-refractivity contribution is 7.87. The van der Waals surface area contributed by atoms with Crippen molar-refractivity contribution in [3.05, 3.63) is 53.6 Å². The van der Waals surface area contributed by atoms with Gasteiger partial charge in [0.15, 0.2) is 0 Å². The number of nitrogens with zero attached hydrogens (tertiary/aromatic N) is 4. The van der Waals surface area contributed by atoms with Gasteiger partial charge in [0.05, 0.1) is 17.9 Å². The Balaban J connectivity index is 1.39. The molecule has 2 N–H and O–H groups in total. The third-order valence-electron chi connectivity index (χ3n) is 5.46. The molecular weight excluding hydrogens is 423 g/mol. The third kappa shape index (κ3) is 4.85. The van der Waals surface area contributed by atoms with Crippen LogP contribution in [0.15, 0.2) is 36.5 Å². The summed E-state index contributed by atoms with van der Waals surface area (Å²) in [5, 5.41) is 5.31. The zero-order valence-corrected chi connectivity index (χ0v) is 18.2. The van der Waals surface area contributed by atoms with E-state index in [-0.39, 0.29) is 6.04 Å². The number of amides is 2. The van der Waals surface area contributed by atoms with E-state index >= 15 is 0 Å². The van der Waals surface area contributed by atoms with Gasteiger partial charge in [0.2, 0.25) is 0 Å². The molecule has 2 aliphatic rings. The van der Waals surface area contributed by atoms with E-state index in [4.69, 9.17) is 0 Å². The first-order valence-electron chi connectivity index (χ1n) is 9.96. The molecule has 2 aliphatic heterocycles. The van der Waals surface area contributed by atoms with E-state index < -0.39 is 22.1 Å². The number of carbonyl (C=O) groups is 1. The summed E-state index contributed by atoms with van der Waals surface area (Å²) in [5.41, 5.74) is 2.42. The average molecular weight is 449 g/mol. The highest BCUT2D eigenvalue weighted by Crippen LogP contribution is 2.26. The van der Waals surface area contributed by atoms with Gasteiger partial charge in [0, 0.05) is 51.2 Å². The molecule has 166 valence electrons. The summed E-state index contributed by atoms with van der Waals surface area (Å²) in [6.07, 6.45) is 1.55. The molecule has 0 radical (unpaired) electrons. The van der Waals surface area contributed by atoms with Crippen LogP contribution in [0.5, 0.6) is 0 Å². The average Bonchev–Trinajstić information content (AvgIpc) is 2.91. The number of aryl methyl sites for hydroxylation is 1. The fraction of sp³-hybridized carbons (Fsp3) is 0.400. The molecule has 9 nitrogen and oxygen atoms in total. The second kappa shape index (κ2) is 8.50. The molecule has 2 fully saturated rings. The number of carbonyl (C=O) groups excluding carboxylic acids is 1. The van der Waals surface area contributed by atoms with E-state index in [1.807, 2.05) is 6.92 Å². The summed E-state index contributed by atoms with van der Waals surface area (Å²) in [6, 6.07) is 7.32. The van der Waals surface area contributed by atoms with Crippen molar-refractivity contribution in [3.63, 3.8) is 0 Å². The molecule has 0 saturated carbocycles. The van der Waals surface area contributed by atoms with E-state index in [0.717, 1.165) is 5.69 Å². The number of fused-ring (bicyclic) bond motifs is 1. The number of halogens is 1. The van der Waals surface area contributed by atoms with E-state index in [0.29, 0.717) is 49.7 Å². The van der Waals surface area contributed by atoms with Crippen LogP contribution in [0, 0.1) is 12.7 Å². The van der Waals surface area contributed by atoms with Crippen LogP contribution in [0.4, 0.5) is 20.6 Å². The van der Waals surface area contributed by atoms with Gasteiger partial charge in [0.25, 0.3) is 10.2 Å². The maximum atomic E-state index is 14.2. The second-order valence-corrected chi connectivity index (χ2v) is 9.89. The fourth-order valence-electron chi connectivity index (χ4n) is 3.98. The van der Waals surface area contributed by atoms with Crippen LogP contribution in [0.1, 0.15) is 11.3 Å². The van der Waals surface area contributed by atoms with Crippen molar-refractivity contribution in [2.75, 3.05) is 43.9 Å². The van der Waals surface area contributed by atoms with Crippen LogP contribution in [0.25, 0.3) is 0 Å². The van der Waals surface area contributed by atoms with Crippen molar-refractivity contribution < 1.29 is 17.6 Å². The Morgan fingerprint density at radius 3 is 2.68 bits per heavy atom. The topological polar surface area (TPSA) is 97.9 Å². The van der Waals surface area contributed by atoms with Crippen molar-refractivity contribution in [1.82, 2.24) is 18.5 Å². The molecule has 1 aromatic carbocycles. The monoisotopic (exact) mass is 448 g/mol. The Hall–Kier alpha value is -2.60. The number of pyridine rings is 1. The highest BCUT2D eigenvalue weighted by atomic mass is 32.2. The van der Waals surface area contributed by atoms with Gasteiger partial charge < -0.3 is 10.6 Å². The molecular formula is C20H25FN6O3S. The normalized spacial score (nSPS) is 21.6. The lowest BCUT2D eigenvalue weighted by atomic mass is 10.1. The highest BCUT2D eigenvalue weighted by Gasteiger charge is 2.44. The zero-order chi connectivity index (χ0) is 22.2. The molecule has 4 rings (SSSR count). The van der Waals surface area contributed by atoms with Crippen molar-refractivity contribution in [2.24, 2.45) is 0 Å². The van der Waals surface area contributed by atoms with Crippen molar-refractivity contribution >= 4 is 27.6 Å². The van der Waals surface area contributed by atoms with Crippen LogP contribution in [-0.2, 0) is 16.8 Å². The molecule has 2 saturated heterocycles. The lowest BCUT2D eigenvalue weighted by Gasteiger charge is -2.35. The Kier molecular flexibility index (Phi) is 5.93. The molecule has 11 heteroatoms. The number of urea groups is 1. The molecule has 2 amide bonds. The third-order valence-corrected chi connectivity index (χ3v) is 7.47. The van der Waals surface area contributed by atoms with Gasteiger partial charge >= 0.3 is 6.03 Å². The minimum Gasteiger partial charge on any atom is -0.308 e. The van der Waals surface area contributed by atoms with Gasteiger partial charge in [-0.25, -0.2) is 9.18 Å². The van der Waals surface area contributed by atoms with Crippen LogP contribution in [-0.4, -0.2) is 72.2 Å². The summed E-state index contributed by atoms with van der Waals surface area (Å²) in [4.78, 5) is 18.5. The predicted octanol–water partition coefficient (Wildman–Crippen LogP) is 1.85. The van der Waals surface area contributed by atoms with Crippen molar-refractivity contribution in [2.45, 2.75) is 19.5 Å². The predicted molar refractivity (Wildman–Crippen MR) is 115 cm³/mol. The number of aromatic nitrogens is 1. The first-order valence-corrected chi connectivity index (χ1v) is 11.4. The number of benzene rings is 1. The number of rotatable bonds is 4. The van der Waals surface area contributed by atoms with Crippen LogP contribution < -0.4 is 10.6 Å². The summed E-state index contributed by atoms with van der Waals surface area (Å²) < 4.78 is 41.6. The summed E-state index contributed by atoms with van der Waals surface area (Å²) >= 11 is 0. The van der Waals surface area contributed by atoms with Crippen LogP contribution >= 0.6 is 0 Å². The number of hydrogen-bond acceptors (Lipinski definition) is 5. The maximum Gasteiger partial charge on any atom is 0.323 e. The maximum absolute atomic E-state index is 14.2. The molecule has 1 aromatic heterocycles. The fourth-order valence-corrected chi connectivity index (χ4v) is 5.52. The standard InChI is InChI=1S/C20H25FN6O3S/c1-14-3-4-17(10-22-14)23-20(28)24-18-8-15(7-16(21)9-18)11-26-5-6-27-19(13-26)12-25(2)31(27,29)30/h3-4,7-10,19H,5-6,11-13H2,1-2H3,(H2,23,24,28)/t19-/m0/s1. The smallest absolute Gasteiger partial charge is 0.308 e. The van der Waals surface area contributed by atoms with Crippen LogP contribution in [0.2, 0.25) is 0 Å². The Labute approximate surface area is 181 Å². The van der Waals surface area contributed by atoms with Crippen LogP contribution in [0.3, 0.4) is 0 Å². The summed E-state index contributed by atoms with van der Waals surface area (Å²) in [6.45, 7) is 4.30. The van der Waals surface area contributed by atoms with Gasteiger partial charge in [-0.05, 0) is 42.8 Å². The number of likely N-dealkylation sites (N-methyl/N-ethyl adjacent to an activating group) is 1. The van der Waals surface area contributed by atoms with E-state index in [1.165, 1.54) is 20.7 Å². The van der Waals surface area contributed by atoms with Gasteiger partial charge in [-0.3, -0.25) is 9.88 Å². The summed E-state index contributed by atoms with van der Waals surface area (Å²) in [5.74, 6) is -0.452. The van der Waals surface area contributed by atoms with E-state index in [1.54, 1.807) is 31.4 Å². The lowest BCUT2D eigenvalue weighted by Crippen LogP contribution is -2.51. The SMILES string of the molecule is Cc1ccc(NC(=O)Nc2cc(F)cc(CN3CCN4[C@H](C3)CN(C)S4(=O)=O)c2)cn1. The molecule has 3 heterocycles. The second-order valence-electron chi connectivity index (χ2n) is 7.90. The summed E-state index contributed by atoms with van der Waals surface area (Å²) in [7, 11) is -1.77. The molecule has 1 atom stereocenters.